The van der Waals surface area contributed by atoms with Gasteiger partial charge in [0.1, 0.15) is 0 Å². The van der Waals surface area contributed by atoms with Crippen molar-refractivity contribution in [1.29, 1.82) is 0 Å². The molecule has 3 nitrogen and oxygen atoms in total. The number of carbonyl (C=O) groups excluding carboxylic acids is 1. The average molecular weight is 346 g/mol. The van der Waals surface area contributed by atoms with E-state index in [0.717, 1.165) is 36.9 Å². The van der Waals surface area contributed by atoms with Gasteiger partial charge < -0.3 is 10.2 Å². The normalized spacial score (nSPS) is 17.4. The molecule has 0 saturated carbocycles. The number of rotatable bonds is 3. The van der Waals surface area contributed by atoms with E-state index in [1.807, 2.05) is 6.07 Å². The Kier molecular flexibility index (Phi) is 5.25. The second kappa shape index (κ2) is 6.73. The predicted octanol–water partition coefficient (Wildman–Crippen LogP) is 3.17. The van der Waals surface area contributed by atoms with Gasteiger partial charge >= 0.3 is 0 Å². The maximum absolute atomic E-state index is 12.1. The first-order chi connectivity index (χ1) is 9.06. The Bertz CT molecular complexity index is 459. The number of nitrogens with zero attached hydrogens (tertiary/aromatic N) is 1. The van der Waals surface area contributed by atoms with Gasteiger partial charge in [-0.25, -0.2) is 0 Å². The maximum Gasteiger partial charge on any atom is 0.252 e. The van der Waals surface area contributed by atoms with E-state index in [9.17, 15) is 4.79 Å². The van der Waals surface area contributed by atoms with Crippen LogP contribution < -0.4 is 5.32 Å². The summed E-state index contributed by atoms with van der Waals surface area (Å²) in [5, 5.41) is 3.48. The molecule has 1 saturated heterocycles. The molecule has 19 heavy (non-hydrogen) atoms. The Morgan fingerprint density at radius 2 is 2.16 bits per heavy atom. The molecule has 1 aliphatic rings. The topological polar surface area (TPSA) is 32.3 Å². The van der Waals surface area contributed by atoms with E-state index in [2.05, 4.69) is 33.2 Å². The van der Waals surface area contributed by atoms with Crippen LogP contribution in [0.2, 0.25) is 5.02 Å². The van der Waals surface area contributed by atoms with Gasteiger partial charge in [0.25, 0.3) is 5.91 Å². The van der Waals surface area contributed by atoms with Crippen molar-refractivity contribution in [2.45, 2.75) is 12.8 Å². The summed E-state index contributed by atoms with van der Waals surface area (Å²) in [7, 11) is 2.13. The van der Waals surface area contributed by atoms with Gasteiger partial charge in [-0.15, -0.1) is 0 Å². The lowest BCUT2D eigenvalue weighted by Gasteiger charge is -2.28. The number of hydrogen-bond donors (Lipinski definition) is 1. The summed E-state index contributed by atoms with van der Waals surface area (Å²) in [6, 6.07) is 5.32. The quantitative estimate of drug-likeness (QED) is 0.912. The molecule has 0 spiro atoms. The SMILES string of the molecule is CN1CCC(CNC(=O)c2cc(Br)ccc2Cl)CC1. The molecule has 1 fully saturated rings. The minimum Gasteiger partial charge on any atom is -0.352 e. The number of amides is 1. The van der Waals surface area contributed by atoms with Crippen molar-refractivity contribution in [3.63, 3.8) is 0 Å². The molecular weight excluding hydrogens is 328 g/mol. The molecule has 1 aromatic rings. The van der Waals surface area contributed by atoms with Crippen molar-refractivity contribution in [2.24, 2.45) is 5.92 Å². The summed E-state index contributed by atoms with van der Waals surface area (Å²) in [6.45, 7) is 2.95. The van der Waals surface area contributed by atoms with E-state index in [1.54, 1.807) is 12.1 Å². The van der Waals surface area contributed by atoms with Crippen LogP contribution in [-0.2, 0) is 0 Å². The third-order valence-corrected chi connectivity index (χ3v) is 4.39. The second-order valence-corrected chi connectivity index (χ2v) is 6.40. The smallest absolute Gasteiger partial charge is 0.252 e. The number of benzene rings is 1. The highest BCUT2D eigenvalue weighted by atomic mass is 79.9. The standard InChI is InChI=1S/C14H18BrClN2O/c1-18-6-4-10(5-7-18)9-17-14(19)12-8-11(15)2-3-13(12)16/h2-3,8,10H,4-7,9H2,1H3,(H,17,19). The highest BCUT2D eigenvalue weighted by Crippen LogP contribution is 2.21. The zero-order chi connectivity index (χ0) is 13.8. The Labute approximate surface area is 127 Å². The largest absolute Gasteiger partial charge is 0.352 e. The molecule has 0 radical (unpaired) electrons. The molecule has 1 heterocycles. The van der Waals surface area contributed by atoms with Gasteiger partial charge in [0, 0.05) is 11.0 Å². The molecule has 5 heteroatoms. The first kappa shape index (κ1) is 14.8. The predicted molar refractivity (Wildman–Crippen MR) is 81.7 cm³/mol. The first-order valence-electron chi connectivity index (χ1n) is 6.48. The molecule has 1 aliphatic heterocycles. The van der Waals surface area contributed by atoms with Crippen LogP contribution >= 0.6 is 27.5 Å². The molecule has 0 atom stereocenters. The summed E-state index contributed by atoms with van der Waals surface area (Å²) < 4.78 is 0.862. The van der Waals surface area contributed by atoms with E-state index >= 15 is 0 Å². The molecule has 1 aromatic carbocycles. The third-order valence-electron chi connectivity index (χ3n) is 3.56. The van der Waals surface area contributed by atoms with Crippen molar-refractivity contribution in [1.82, 2.24) is 10.2 Å². The molecule has 1 N–H and O–H groups in total. The van der Waals surface area contributed by atoms with Crippen LogP contribution in [0.4, 0.5) is 0 Å². The van der Waals surface area contributed by atoms with Gasteiger partial charge in [0.15, 0.2) is 0 Å². The van der Waals surface area contributed by atoms with Crippen LogP contribution in [0.1, 0.15) is 23.2 Å². The van der Waals surface area contributed by atoms with E-state index in [-0.39, 0.29) is 5.91 Å². The van der Waals surface area contributed by atoms with Crippen molar-refractivity contribution in [2.75, 3.05) is 26.7 Å². The van der Waals surface area contributed by atoms with Crippen molar-refractivity contribution in [3.05, 3.63) is 33.3 Å². The summed E-state index contributed by atoms with van der Waals surface area (Å²) in [4.78, 5) is 14.4. The van der Waals surface area contributed by atoms with E-state index in [4.69, 9.17) is 11.6 Å². The Hall–Kier alpha value is -0.580. The highest BCUT2D eigenvalue weighted by molar-refractivity contribution is 9.10. The number of likely N-dealkylation sites (tertiary alicyclic amines) is 1. The summed E-state index contributed by atoms with van der Waals surface area (Å²) in [6.07, 6.45) is 2.28. The molecule has 104 valence electrons. The first-order valence-corrected chi connectivity index (χ1v) is 7.65. The molecule has 0 aromatic heterocycles. The van der Waals surface area contributed by atoms with Gasteiger partial charge in [-0.05, 0) is 57.1 Å². The molecule has 0 aliphatic carbocycles. The fraction of sp³-hybridized carbons (Fsp3) is 0.500. The lowest BCUT2D eigenvalue weighted by Crippen LogP contribution is -2.36. The average Bonchev–Trinajstić information content (AvgIpc) is 2.40. The lowest BCUT2D eigenvalue weighted by molar-refractivity contribution is 0.0939. The minimum absolute atomic E-state index is 0.0924. The second-order valence-electron chi connectivity index (χ2n) is 5.08. The van der Waals surface area contributed by atoms with E-state index in [1.165, 1.54) is 0 Å². The molecule has 0 unspecified atom stereocenters. The Morgan fingerprint density at radius 3 is 2.84 bits per heavy atom. The van der Waals surface area contributed by atoms with Gasteiger partial charge in [-0.3, -0.25) is 4.79 Å². The lowest BCUT2D eigenvalue weighted by atomic mass is 9.97. The zero-order valence-electron chi connectivity index (χ0n) is 11.0. The molecule has 0 bridgehead atoms. The monoisotopic (exact) mass is 344 g/mol. The number of carbonyl (C=O) groups is 1. The van der Waals surface area contributed by atoms with Gasteiger partial charge in [-0.2, -0.15) is 0 Å². The van der Waals surface area contributed by atoms with Crippen LogP contribution in [0.5, 0.6) is 0 Å². The number of halogens is 2. The summed E-state index contributed by atoms with van der Waals surface area (Å²) in [5.74, 6) is 0.483. The van der Waals surface area contributed by atoms with Crippen molar-refractivity contribution < 1.29 is 4.79 Å². The van der Waals surface area contributed by atoms with Crippen LogP contribution in [0.25, 0.3) is 0 Å². The Morgan fingerprint density at radius 1 is 1.47 bits per heavy atom. The third kappa shape index (κ3) is 4.20. The van der Waals surface area contributed by atoms with Crippen molar-refractivity contribution in [3.8, 4) is 0 Å². The maximum atomic E-state index is 12.1. The van der Waals surface area contributed by atoms with Crippen LogP contribution in [0.15, 0.2) is 22.7 Å². The van der Waals surface area contributed by atoms with Crippen molar-refractivity contribution >= 4 is 33.4 Å². The van der Waals surface area contributed by atoms with E-state index in [0.29, 0.717) is 16.5 Å². The highest BCUT2D eigenvalue weighted by Gasteiger charge is 2.18. The molecule has 1 amide bonds. The zero-order valence-corrected chi connectivity index (χ0v) is 13.3. The van der Waals surface area contributed by atoms with Gasteiger partial charge in [-0.1, -0.05) is 27.5 Å². The van der Waals surface area contributed by atoms with Gasteiger partial charge in [0.2, 0.25) is 0 Å². The van der Waals surface area contributed by atoms with Crippen LogP contribution in [0, 0.1) is 5.92 Å². The van der Waals surface area contributed by atoms with Crippen LogP contribution in [-0.4, -0.2) is 37.5 Å². The number of piperidine rings is 1. The number of hydrogen-bond acceptors (Lipinski definition) is 2. The summed E-state index contributed by atoms with van der Waals surface area (Å²) >= 11 is 9.40. The van der Waals surface area contributed by atoms with Gasteiger partial charge in [0.05, 0.1) is 10.6 Å². The molecular formula is C14H18BrClN2O. The Balaban J connectivity index is 1.89. The fourth-order valence-electron chi connectivity index (χ4n) is 2.27. The summed E-state index contributed by atoms with van der Waals surface area (Å²) in [5.41, 5.74) is 0.531. The fourth-order valence-corrected chi connectivity index (χ4v) is 2.83. The molecule has 2 rings (SSSR count). The van der Waals surface area contributed by atoms with E-state index < -0.39 is 0 Å². The minimum atomic E-state index is -0.0924. The van der Waals surface area contributed by atoms with Crippen LogP contribution in [0.3, 0.4) is 0 Å². The number of nitrogens with one attached hydrogen (secondary N) is 1.